The largest absolute Gasteiger partial charge is 0.368 e. The van der Waals surface area contributed by atoms with Crippen LogP contribution in [0.3, 0.4) is 0 Å². The molecule has 3 N–H and O–H groups in total. The Bertz CT molecular complexity index is 480. The minimum absolute atomic E-state index is 0.0142. The number of nitro groups is 1. The lowest BCUT2D eigenvalue weighted by atomic mass is 10.3. The molecule has 0 saturated carbocycles. The molecule has 1 unspecified atom stereocenters. The lowest BCUT2D eigenvalue weighted by Crippen LogP contribution is -2.12. The van der Waals surface area contributed by atoms with Crippen LogP contribution in [0.5, 0.6) is 0 Å². The fourth-order valence-electron chi connectivity index (χ4n) is 1.41. The van der Waals surface area contributed by atoms with Crippen molar-refractivity contribution in [1.82, 2.24) is 9.97 Å². The summed E-state index contributed by atoms with van der Waals surface area (Å²) >= 11 is 0. The first-order valence-corrected chi connectivity index (χ1v) is 6.97. The molecule has 1 atom stereocenters. The van der Waals surface area contributed by atoms with Crippen molar-refractivity contribution in [3.63, 3.8) is 0 Å². The van der Waals surface area contributed by atoms with Crippen LogP contribution in [-0.2, 0) is 10.8 Å². The third kappa shape index (κ3) is 3.91. The predicted octanol–water partition coefficient (Wildman–Crippen LogP) is 0.456. The first-order chi connectivity index (χ1) is 8.41. The van der Waals surface area contributed by atoms with Crippen LogP contribution < -0.4 is 11.1 Å². The monoisotopic (exact) mass is 273 g/mol. The summed E-state index contributed by atoms with van der Waals surface area (Å²) in [5, 5.41) is 13.7. The molecule has 0 aliphatic heterocycles. The number of hydrogen-bond acceptors (Lipinski definition) is 7. The normalized spacial score (nSPS) is 12.1. The molecule has 100 valence electrons. The first-order valence-electron chi connectivity index (χ1n) is 5.24. The van der Waals surface area contributed by atoms with Gasteiger partial charge in [-0.05, 0) is 13.3 Å². The Kier molecular flexibility index (Phi) is 4.95. The van der Waals surface area contributed by atoms with Gasteiger partial charge in [-0.2, -0.15) is 4.98 Å². The van der Waals surface area contributed by atoms with Crippen LogP contribution in [0, 0.1) is 17.0 Å². The van der Waals surface area contributed by atoms with Crippen molar-refractivity contribution in [2.75, 3.05) is 29.6 Å². The molecule has 1 rings (SSSR count). The van der Waals surface area contributed by atoms with Crippen molar-refractivity contribution in [1.29, 1.82) is 0 Å². The minimum atomic E-state index is -0.878. The summed E-state index contributed by atoms with van der Waals surface area (Å²) in [6.45, 7) is 1.94. The highest BCUT2D eigenvalue weighted by atomic mass is 32.2. The number of hydrogen-bond donors (Lipinski definition) is 2. The van der Waals surface area contributed by atoms with E-state index in [0.29, 0.717) is 18.7 Å². The predicted molar refractivity (Wildman–Crippen MR) is 69.9 cm³/mol. The van der Waals surface area contributed by atoms with Crippen LogP contribution in [0.4, 0.5) is 17.5 Å². The number of rotatable bonds is 6. The summed E-state index contributed by atoms with van der Waals surface area (Å²) in [7, 11) is -0.878. The summed E-state index contributed by atoms with van der Waals surface area (Å²) < 4.78 is 10.9. The van der Waals surface area contributed by atoms with E-state index in [1.807, 2.05) is 0 Å². The lowest BCUT2D eigenvalue weighted by Gasteiger charge is -2.07. The molecule has 18 heavy (non-hydrogen) atoms. The molecule has 0 aliphatic rings. The highest BCUT2D eigenvalue weighted by Crippen LogP contribution is 2.25. The number of nitrogens with one attached hydrogen (secondary N) is 1. The summed E-state index contributed by atoms with van der Waals surface area (Å²) in [5.74, 6) is 0.618. The van der Waals surface area contributed by atoms with E-state index in [1.165, 1.54) is 6.92 Å². The number of anilines is 2. The molecule has 0 aromatic carbocycles. The van der Waals surface area contributed by atoms with Crippen LogP contribution in [0.15, 0.2) is 0 Å². The Balaban J connectivity index is 2.80. The maximum atomic E-state index is 10.9. The Morgan fingerprint density at radius 3 is 2.72 bits per heavy atom. The van der Waals surface area contributed by atoms with Gasteiger partial charge < -0.3 is 11.1 Å². The Morgan fingerprint density at radius 2 is 2.17 bits per heavy atom. The highest BCUT2D eigenvalue weighted by Gasteiger charge is 2.20. The molecule has 0 fully saturated rings. The van der Waals surface area contributed by atoms with Crippen molar-refractivity contribution in [3.8, 4) is 0 Å². The van der Waals surface area contributed by atoms with Crippen molar-refractivity contribution in [3.05, 3.63) is 15.8 Å². The Morgan fingerprint density at radius 1 is 1.50 bits per heavy atom. The lowest BCUT2D eigenvalue weighted by molar-refractivity contribution is -0.385. The second kappa shape index (κ2) is 6.24. The summed E-state index contributed by atoms with van der Waals surface area (Å²) in [6, 6.07) is 0. The Hall–Kier alpha value is -1.77. The smallest absolute Gasteiger partial charge is 0.332 e. The molecule has 0 saturated heterocycles. The zero-order chi connectivity index (χ0) is 13.7. The van der Waals surface area contributed by atoms with Gasteiger partial charge in [-0.3, -0.25) is 14.3 Å². The van der Waals surface area contributed by atoms with E-state index in [-0.39, 0.29) is 23.1 Å². The fourth-order valence-corrected chi connectivity index (χ4v) is 1.96. The summed E-state index contributed by atoms with van der Waals surface area (Å²) in [4.78, 5) is 17.9. The quantitative estimate of drug-likeness (QED) is 0.438. The second-order valence-corrected chi connectivity index (χ2v) is 5.23. The topological polar surface area (TPSA) is 124 Å². The SMILES string of the molecule is Cc1nc(N)nc(NCCCS(C)=O)c1[N+](=O)[O-]. The molecule has 1 aromatic heterocycles. The number of aromatic nitrogens is 2. The fraction of sp³-hybridized carbons (Fsp3) is 0.556. The van der Waals surface area contributed by atoms with E-state index in [1.54, 1.807) is 6.26 Å². The van der Waals surface area contributed by atoms with Crippen LogP contribution in [0.25, 0.3) is 0 Å². The first kappa shape index (κ1) is 14.3. The van der Waals surface area contributed by atoms with Crippen molar-refractivity contribution >= 4 is 28.3 Å². The maximum absolute atomic E-state index is 10.9. The molecule has 9 heteroatoms. The molecule has 8 nitrogen and oxygen atoms in total. The minimum Gasteiger partial charge on any atom is -0.368 e. The summed E-state index contributed by atoms with van der Waals surface area (Å²) in [5.41, 5.74) is 5.49. The van der Waals surface area contributed by atoms with Gasteiger partial charge in [-0.1, -0.05) is 0 Å². The third-order valence-corrected chi connectivity index (χ3v) is 3.02. The average molecular weight is 273 g/mol. The zero-order valence-electron chi connectivity index (χ0n) is 10.2. The van der Waals surface area contributed by atoms with Gasteiger partial charge in [0, 0.05) is 29.4 Å². The average Bonchev–Trinajstić information content (AvgIpc) is 2.22. The summed E-state index contributed by atoms with van der Waals surface area (Å²) in [6.07, 6.45) is 2.23. The van der Waals surface area contributed by atoms with Gasteiger partial charge in [0.05, 0.1) is 4.92 Å². The molecule has 0 amide bonds. The van der Waals surface area contributed by atoms with E-state index in [0.717, 1.165) is 0 Å². The highest BCUT2D eigenvalue weighted by molar-refractivity contribution is 7.84. The van der Waals surface area contributed by atoms with E-state index in [2.05, 4.69) is 15.3 Å². The van der Waals surface area contributed by atoms with Gasteiger partial charge in [0.25, 0.3) is 0 Å². The van der Waals surface area contributed by atoms with Crippen LogP contribution in [0.1, 0.15) is 12.1 Å². The third-order valence-electron chi connectivity index (χ3n) is 2.16. The van der Waals surface area contributed by atoms with E-state index < -0.39 is 15.7 Å². The maximum Gasteiger partial charge on any atom is 0.332 e. The molecule has 0 aliphatic carbocycles. The standard InChI is InChI=1S/C9H15N5O3S/c1-6-7(14(15)16)8(13-9(10)12-6)11-4-3-5-18(2)17/h3-5H2,1-2H3,(H3,10,11,12,13). The van der Waals surface area contributed by atoms with Gasteiger partial charge in [0.2, 0.25) is 11.8 Å². The van der Waals surface area contributed by atoms with Crippen LogP contribution in [-0.4, -0.2) is 37.7 Å². The number of nitrogen functional groups attached to an aromatic ring is 1. The van der Waals surface area contributed by atoms with E-state index in [4.69, 9.17) is 5.73 Å². The van der Waals surface area contributed by atoms with E-state index in [9.17, 15) is 14.3 Å². The van der Waals surface area contributed by atoms with E-state index >= 15 is 0 Å². The van der Waals surface area contributed by atoms with Gasteiger partial charge >= 0.3 is 5.69 Å². The van der Waals surface area contributed by atoms with Crippen molar-refractivity contribution in [2.24, 2.45) is 0 Å². The molecule has 0 spiro atoms. The molecule has 0 radical (unpaired) electrons. The zero-order valence-corrected chi connectivity index (χ0v) is 11.0. The van der Waals surface area contributed by atoms with Gasteiger partial charge in [-0.25, -0.2) is 4.98 Å². The number of aryl methyl sites for hydroxylation is 1. The van der Waals surface area contributed by atoms with Crippen LogP contribution in [0.2, 0.25) is 0 Å². The molecule has 1 aromatic rings. The molecular weight excluding hydrogens is 258 g/mol. The van der Waals surface area contributed by atoms with Gasteiger partial charge in [0.15, 0.2) is 0 Å². The van der Waals surface area contributed by atoms with Gasteiger partial charge in [0.1, 0.15) is 5.69 Å². The molecular formula is C9H15N5O3S. The second-order valence-electron chi connectivity index (χ2n) is 3.68. The van der Waals surface area contributed by atoms with Crippen LogP contribution >= 0.6 is 0 Å². The Labute approximate surface area is 107 Å². The molecule has 1 heterocycles. The van der Waals surface area contributed by atoms with Crippen molar-refractivity contribution in [2.45, 2.75) is 13.3 Å². The number of nitrogens with zero attached hydrogens (tertiary/aromatic N) is 3. The van der Waals surface area contributed by atoms with Gasteiger partial charge in [-0.15, -0.1) is 0 Å². The molecule has 0 bridgehead atoms. The van der Waals surface area contributed by atoms with Crippen molar-refractivity contribution < 1.29 is 9.13 Å². The number of nitrogens with two attached hydrogens (primary N) is 1.